The molecule has 2 fully saturated rings. The van der Waals surface area contributed by atoms with Crippen molar-refractivity contribution in [3.8, 4) is 0 Å². The highest BCUT2D eigenvalue weighted by molar-refractivity contribution is 4.87. The van der Waals surface area contributed by atoms with Gasteiger partial charge in [-0.3, -0.25) is 0 Å². The van der Waals surface area contributed by atoms with Crippen LogP contribution in [0.25, 0.3) is 0 Å². The van der Waals surface area contributed by atoms with Crippen molar-refractivity contribution < 1.29 is 14.9 Å². The van der Waals surface area contributed by atoms with E-state index in [0.717, 1.165) is 38.7 Å². The van der Waals surface area contributed by atoms with Crippen LogP contribution in [-0.2, 0) is 9.62 Å². The molecule has 0 amide bonds. The first-order valence-corrected chi connectivity index (χ1v) is 4.34. The predicted molar refractivity (Wildman–Crippen MR) is 39.0 cm³/mol. The summed E-state index contributed by atoms with van der Waals surface area (Å²) in [5, 5.41) is 8.73. The van der Waals surface area contributed by atoms with Gasteiger partial charge in [0.25, 0.3) is 0 Å². The number of hydrogen-bond donors (Lipinski definition) is 1. The summed E-state index contributed by atoms with van der Waals surface area (Å²) in [7, 11) is 0. The Labute approximate surface area is 66.2 Å². The van der Waals surface area contributed by atoms with Gasteiger partial charge in [0.15, 0.2) is 0 Å². The van der Waals surface area contributed by atoms with Gasteiger partial charge in [0.2, 0.25) is 5.79 Å². The average molecular weight is 158 g/mol. The molecule has 11 heavy (non-hydrogen) atoms. The zero-order chi connectivity index (χ0) is 7.73. The Morgan fingerprint density at radius 3 is 2.91 bits per heavy atom. The van der Waals surface area contributed by atoms with Crippen LogP contribution in [0.3, 0.4) is 0 Å². The third-order valence-electron chi connectivity index (χ3n) is 2.90. The summed E-state index contributed by atoms with van der Waals surface area (Å²) in [5.41, 5.74) is 0. The van der Waals surface area contributed by atoms with Gasteiger partial charge in [-0.25, -0.2) is 10.1 Å². The summed E-state index contributed by atoms with van der Waals surface area (Å²) in [6.45, 7) is 0.733. The quantitative estimate of drug-likeness (QED) is 0.467. The van der Waals surface area contributed by atoms with Gasteiger partial charge in [-0.1, -0.05) is 0 Å². The highest BCUT2D eigenvalue weighted by atomic mass is 17.1. The van der Waals surface area contributed by atoms with Crippen LogP contribution in [0.4, 0.5) is 0 Å². The first-order valence-electron chi connectivity index (χ1n) is 4.34. The highest BCUT2D eigenvalue weighted by Crippen LogP contribution is 2.44. The van der Waals surface area contributed by atoms with E-state index < -0.39 is 5.79 Å². The van der Waals surface area contributed by atoms with Gasteiger partial charge < -0.3 is 4.74 Å². The molecule has 1 N–H and O–H groups in total. The lowest BCUT2D eigenvalue weighted by atomic mass is 9.94. The Hall–Kier alpha value is -0.120. The average Bonchev–Trinajstić information content (AvgIpc) is 2.48. The van der Waals surface area contributed by atoms with Crippen molar-refractivity contribution in [1.82, 2.24) is 0 Å². The Balaban J connectivity index is 2.12. The maximum Gasteiger partial charge on any atom is 0.204 e. The van der Waals surface area contributed by atoms with Crippen LogP contribution in [0.15, 0.2) is 0 Å². The fraction of sp³-hybridized carbons (Fsp3) is 1.00. The molecular weight excluding hydrogens is 144 g/mol. The van der Waals surface area contributed by atoms with Crippen LogP contribution in [-0.4, -0.2) is 17.7 Å². The lowest BCUT2D eigenvalue weighted by molar-refractivity contribution is -0.422. The van der Waals surface area contributed by atoms with Crippen LogP contribution < -0.4 is 0 Å². The first kappa shape index (κ1) is 7.53. The maximum absolute atomic E-state index is 8.73. The van der Waals surface area contributed by atoms with E-state index in [4.69, 9.17) is 9.99 Å². The molecule has 1 saturated carbocycles. The fourth-order valence-corrected chi connectivity index (χ4v) is 2.29. The smallest absolute Gasteiger partial charge is 0.204 e. The standard InChI is InChI=1S/C8H14O3/c9-11-8-5-1-3-7(8)4-2-6-10-8/h7,9H,1-6H2. The number of rotatable bonds is 1. The van der Waals surface area contributed by atoms with Crippen molar-refractivity contribution in [3.63, 3.8) is 0 Å². The molecule has 3 heteroatoms. The Morgan fingerprint density at radius 1 is 1.36 bits per heavy atom. The molecule has 2 rings (SSSR count). The summed E-state index contributed by atoms with van der Waals surface area (Å²) in [5.74, 6) is -0.181. The van der Waals surface area contributed by atoms with Crippen LogP contribution in [0.2, 0.25) is 0 Å². The molecule has 2 aliphatic rings. The fourth-order valence-electron chi connectivity index (χ4n) is 2.29. The van der Waals surface area contributed by atoms with Crippen molar-refractivity contribution in [2.75, 3.05) is 6.61 Å². The van der Waals surface area contributed by atoms with Gasteiger partial charge in [0.05, 0.1) is 6.61 Å². The minimum atomic E-state index is -0.613. The molecule has 0 radical (unpaired) electrons. The van der Waals surface area contributed by atoms with Crippen molar-refractivity contribution in [2.45, 2.75) is 37.9 Å². The van der Waals surface area contributed by atoms with Crippen LogP contribution in [0.1, 0.15) is 32.1 Å². The van der Waals surface area contributed by atoms with Crippen molar-refractivity contribution in [1.29, 1.82) is 0 Å². The molecular formula is C8H14O3. The van der Waals surface area contributed by atoms with E-state index in [9.17, 15) is 0 Å². The van der Waals surface area contributed by atoms with E-state index in [1.54, 1.807) is 0 Å². The molecule has 1 aliphatic heterocycles. The van der Waals surface area contributed by atoms with Crippen molar-refractivity contribution >= 4 is 0 Å². The second-order valence-electron chi connectivity index (χ2n) is 3.48. The normalized spacial score (nSPS) is 43.9. The zero-order valence-corrected chi connectivity index (χ0v) is 6.58. The number of hydrogen-bond acceptors (Lipinski definition) is 3. The molecule has 0 aromatic carbocycles. The third kappa shape index (κ3) is 1.08. The summed E-state index contributed by atoms with van der Waals surface area (Å²) >= 11 is 0. The summed E-state index contributed by atoms with van der Waals surface area (Å²) in [6.07, 6.45) is 5.36. The van der Waals surface area contributed by atoms with Gasteiger partial charge in [-0.15, -0.1) is 0 Å². The second-order valence-corrected chi connectivity index (χ2v) is 3.48. The summed E-state index contributed by atoms with van der Waals surface area (Å²) in [4.78, 5) is 4.48. The molecule has 0 aromatic rings. The van der Waals surface area contributed by atoms with E-state index in [1.807, 2.05) is 0 Å². The number of ether oxygens (including phenoxy) is 1. The highest BCUT2D eigenvalue weighted by Gasteiger charge is 2.47. The minimum Gasteiger partial charge on any atom is -0.347 e. The van der Waals surface area contributed by atoms with Gasteiger partial charge in [0, 0.05) is 12.3 Å². The van der Waals surface area contributed by atoms with Crippen molar-refractivity contribution in [2.24, 2.45) is 5.92 Å². The first-order chi connectivity index (χ1) is 5.37. The van der Waals surface area contributed by atoms with E-state index in [1.165, 1.54) is 0 Å². The molecule has 2 atom stereocenters. The molecule has 0 spiro atoms. The summed E-state index contributed by atoms with van der Waals surface area (Å²) in [6, 6.07) is 0. The molecule has 0 aromatic heterocycles. The van der Waals surface area contributed by atoms with E-state index in [2.05, 4.69) is 4.89 Å². The second kappa shape index (κ2) is 2.73. The molecule has 2 unspecified atom stereocenters. The predicted octanol–water partition coefficient (Wildman–Crippen LogP) is 1.78. The van der Waals surface area contributed by atoms with E-state index in [0.29, 0.717) is 5.92 Å². The van der Waals surface area contributed by atoms with Gasteiger partial charge in [0.1, 0.15) is 0 Å². The lowest BCUT2D eigenvalue weighted by Crippen LogP contribution is -2.42. The Kier molecular flexibility index (Phi) is 1.87. The molecule has 1 heterocycles. The number of fused-ring (bicyclic) bond motifs is 1. The summed E-state index contributed by atoms with van der Waals surface area (Å²) < 4.78 is 5.47. The van der Waals surface area contributed by atoms with Gasteiger partial charge >= 0.3 is 0 Å². The van der Waals surface area contributed by atoms with Gasteiger partial charge in [-0.05, 0) is 25.7 Å². The van der Waals surface area contributed by atoms with E-state index >= 15 is 0 Å². The molecule has 64 valence electrons. The monoisotopic (exact) mass is 158 g/mol. The van der Waals surface area contributed by atoms with Crippen LogP contribution in [0, 0.1) is 5.92 Å². The van der Waals surface area contributed by atoms with Crippen LogP contribution in [0.5, 0.6) is 0 Å². The van der Waals surface area contributed by atoms with Crippen molar-refractivity contribution in [3.05, 3.63) is 0 Å². The molecule has 3 nitrogen and oxygen atoms in total. The molecule has 1 aliphatic carbocycles. The zero-order valence-electron chi connectivity index (χ0n) is 6.58. The minimum absolute atomic E-state index is 0.432. The van der Waals surface area contributed by atoms with E-state index in [-0.39, 0.29) is 0 Å². The lowest BCUT2D eigenvalue weighted by Gasteiger charge is -2.35. The Bertz CT molecular complexity index is 148. The maximum atomic E-state index is 8.73. The third-order valence-corrected chi connectivity index (χ3v) is 2.90. The largest absolute Gasteiger partial charge is 0.347 e. The van der Waals surface area contributed by atoms with Crippen LogP contribution >= 0.6 is 0 Å². The van der Waals surface area contributed by atoms with Gasteiger partial charge in [-0.2, -0.15) is 0 Å². The Morgan fingerprint density at radius 2 is 2.18 bits per heavy atom. The topological polar surface area (TPSA) is 38.7 Å². The SMILES string of the molecule is OOC12CCCC1CCCO2. The molecule has 1 saturated heterocycles. The molecule has 0 bridgehead atoms.